The zero-order valence-corrected chi connectivity index (χ0v) is 19.5. The van der Waals surface area contributed by atoms with Gasteiger partial charge in [-0.05, 0) is 51.1 Å². The van der Waals surface area contributed by atoms with Crippen LogP contribution >= 0.6 is 11.8 Å². The maximum atomic E-state index is 12.5. The Kier molecular flexibility index (Phi) is 5.67. The molecule has 1 aromatic carbocycles. The second-order valence-corrected chi connectivity index (χ2v) is 9.39. The van der Waals surface area contributed by atoms with E-state index < -0.39 is 0 Å². The first-order valence-corrected chi connectivity index (χ1v) is 11.8. The highest BCUT2D eigenvalue weighted by Gasteiger charge is 2.28. The molecule has 0 unspecified atom stereocenters. The van der Waals surface area contributed by atoms with Crippen molar-refractivity contribution in [1.29, 1.82) is 0 Å². The third-order valence-corrected chi connectivity index (χ3v) is 6.35. The van der Waals surface area contributed by atoms with Crippen molar-refractivity contribution in [2.75, 3.05) is 17.7 Å². The Balaban J connectivity index is 1.34. The number of ether oxygens (including phenoxy) is 2. The number of benzene rings is 1. The summed E-state index contributed by atoms with van der Waals surface area (Å²) in [5, 5.41) is 4.32. The van der Waals surface area contributed by atoms with Crippen LogP contribution in [-0.4, -0.2) is 38.8 Å². The van der Waals surface area contributed by atoms with Gasteiger partial charge in [0, 0.05) is 17.7 Å². The van der Waals surface area contributed by atoms with Gasteiger partial charge in [0.2, 0.25) is 11.6 Å². The van der Waals surface area contributed by atoms with Crippen LogP contribution in [0.25, 0.3) is 22.2 Å². The Hall–Kier alpha value is -3.17. The maximum absolute atomic E-state index is 12.5. The third kappa shape index (κ3) is 4.51. The third-order valence-electron chi connectivity index (χ3n) is 5.38. The van der Waals surface area contributed by atoms with Gasteiger partial charge in [0.1, 0.15) is 22.6 Å². The molecular formula is C24H24N4O4S. The molecular weight excluding hydrogens is 440 g/mol. The summed E-state index contributed by atoms with van der Waals surface area (Å²) >= 11 is 1.30. The van der Waals surface area contributed by atoms with Crippen molar-refractivity contribution in [3.05, 3.63) is 47.9 Å². The van der Waals surface area contributed by atoms with Gasteiger partial charge >= 0.3 is 0 Å². The molecule has 0 aliphatic carbocycles. The zero-order valence-electron chi connectivity index (χ0n) is 18.7. The number of fused-ring (bicyclic) bond motifs is 4. The highest BCUT2D eigenvalue weighted by Crippen LogP contribution is 2.35. The van der Waals surface area contributed by atoms with E-state index in [1.54, 1.807) is 0 Å². The van der Waals surface area contributed by atoms with Crippen molar-refractivity contribution in [1.82, 2.24) is 15.0 Å². The van der Waals surface area contributed by atoms with Crippen LogP contribution in [0, 0.1) is 0 Å². The summed E-state index contributed by atoms with van der Waals surface area (Å²) in [6, 6.07) is 9.32. The number of amides is 1. The minimum atomic E-state index is -0.253. The Bertz CT molecular complexity index is 1330. The molecule has 9 heteroatoms. The van der Waals surface area contributed by atoms with Gasteiger partial charge in [-0.25, -0.2) is 15.0 Å². The van der Waals surface area contributed by atoms with E-state index in [1.807, 2.05) is 37.3 Å². The van der Waals surface area contributed by atoms with Crippen LogP contribution in [-0.2, 0) is 22.6 Å². The maximum Gasteiger partial charge on any atom is 0.234 e. The molecule has 0 saturated heterocycles. The quantitative estimate of drug-likeness (QED) is 0.322. The monoisotopic (exact) mass is 464 g/mol. The number of nitrogens with one attached hydrogen (secondary N) is 1. The van der Waals surface area contributed by atoms with Crippen LogP contribution in [0.15, 0.2) is 46.1 Å². The molecule has 33 heavy (non-hydrogen) atoms. The molecule has 0 atom stereocenters. The highest BCUT2D eigenvalue weighted by atomic mass is 32.2. The first kappa shape index (κ1) is 21.7. The Labute approximate surface area is 195 Å². The lowest BCUT2D eigenvalue weighted by Gasteiger charge is -2.30. The van der Waals surface area contributed by atoms with E-state index in [-0.39, 0.29) is 17.3 Å². The van der Waals surface area contributed by atoms with Crippen LogP contribution < -0.4 is 10.1 Å². The molecule has 0 radical (unpaired) electrons. The average Bonchev–Trinajstić information content (AvgIpc) is 3.15. The SMILES string of the molecule is CCOc1ccc(NC(=O)CSc2ncnc3c2oc2nc4c(cc23)COC(C)(C)C4)cc1. The van der Waals surface area contributed by atoms with Crippen molar-refractivity contribution in [3.8, 4) is 5.75 Å². The molecule has 1 N–H and O–H groups in total. The molecule has 4 aromatic rings. The van der Waals surface area contributed by atoms with E-state index in [4.69, 9.17) is 18.9 Å². The van der Waals surface area contributed by atoms with Gasteiger partial charge in [-0.2, -0.15) is 0 Å². The number of hydrogen-bond donors (Lipinski definition) is 1. The van der Waals surface area contributed by atoms with Gasteiger partial charge in [-0.1, -0.05) is 11.8 Å². The van der Waals surface area contributed by atoms with Gasteiger partial charge in [0.05, 0.1) is 35.6 Å². The molecule has 5 rings (SSSR count). The van der Waals surface area contributed by atoms with E-state index in [0.29, 0.717) is 47.2 Å². The molecule has 1 aliphatic rings. The number of aromatic nitrogens is 3. The normalized spacial score (nSPS) is 14.9. The number of pyridine rings is 1. The first-order valence-electron chi connectivity index (χ1n) is 10.8. The van der Waals surface area contributed by atoms with Gasteiger partial charge in [0.15, 0.2) is 5.58 Å². The number of hydrogen-bond acceptors (Lipinski definition) is 8. The molecule has 1 aliphatic heterocycles. The average molecular weight is 465 g/mol. The van der Waals surface area contributed by atoms with Crippen LogP contribution in [0.1, 0.15) is 32.0 Å². The van der Waals surface area contributed by atoms with Gasteiger partial charge < -0.3 is 19.2 Å². The number of rotatable bonds is 6. The fraction of sp³-hybridized carbons (Fsp3) is 0.333. The standard InChI is InChI=1S/C24H24N4O4S/c1-4-30-16-7-5-15(6-8-16)27-19(29)12-33-23-21-20(25-13-26-23)17-9-14-11-31-24(2,3)10-18(14)28-22(17)32-21/h5-9,13H,4,10-12H2,1-3H3,(H,27,29). The van der Waals surface area contributed by atoms with Gasteiger partial charge in [-0.3, -0.25) is 4.79 Å². The fourth-order valence-corrected chi connectivity index (χ4v) is 4.53. The zero-order chi connectivity index (χ0) is 23.0. The van der Waals surface area contributed by atoms with Crippen LogP contribution in [0.2, 0.25) is 0 Å². The van der Waals surface area contributed by atoms with Gasteiger partial charge in [-0.15, -0.1) is 0 Å². The largest absolute Gasteiger partial charge is 0.494 e. The predicted molar refractivity (Wildman–Crippen MR) is 127 cm³/mol. The smallest absolute Gasteiger partial charge is 0.234 e. The molecule has 0 saturated carbocycles. The lowest BCUT2D eigenvalue weighted by molar-refractivity contribution is -0.113. The fourth-order valence-electron chi connectivity index (χ4n) is 3.80. The number of thioether (sulfide) groups is 1. The number of nitrogens with zero attached hydrogens (tertiary/aromatic N) is 3. The number of carbonyl (C=O) groups is 1. The number of anilines is 1. The molecule has 4 heterocycles. The summed E-state index contributed by atoms with van der Waals surface area (Å²) < 4.78 is 17.4. The summed E-state index contributed by atoms with van der Waals surface area (Å²) in [7, 11) is 0. The Morgan fingerprint density at radius 3 is 2.85 bits per heavy atom. The Morgan fingerprint density at radius 1 is 1.24 bits per heavy atom. The second kappa shape index (κ2) is 8.64. The van der Waals surface area contributed by atoms with E-state index in [0.717, 1.165) is 22.4 Å². The lowest BCUT2D eigenvalue weighted by atomic mass is 9.95. The summed E-state index contributed by atoms with van der Waals surface area (Å²) in [6.07, 6.45) is 2.21. The number of furan rings is 1. The summed E-state index contributed by atoms with van der Waals surface area (Å²) in [5.74, 6) is 0.811. The van der Waals surface area contributed by atoms with Crippen molar-refractivity contribution >= 4 is 45.6 Å². The molecule has 0 spiro atoms. The molecule has 0 bridgehead atoms. The van der Waals surface area contributed by atoms with Crippen molar-refractivity contribution in [2.24, 2.45) is 0 Å². The number of carbonyl (C=O) groups excluding carboxylic acids is 1. The van der Waals surface area contributed by atoms with Crippen molar-refractivity contribution < 1.29 is 18.7 Å². The Morgan fingerprint density at radius 2 is 2.06 bits per heavy atom. The summed E-state index contributed by atoms with van der Waals surface area (Å²) in [4.78, 5) is 26.0. The summed E-state index contributed by atoms with van der Waals surface area (Å²) in [5.41, 5.74) is 4.25. The topological polar surface area (TPSA) is 99.4 Å². The van der Waals surface area contributed by atoms with E-state index in [9.17, 15) is 4.79 Å². The van der Waals surface area contributed by atoms with Gasteiger partial charge in [0.25, 0.3) is 0 Å². The highest BCUT2D eigenvalue weighted by molar-refractivity contribution is 8.00. The van der Waals surface area contributed by atoms with E-state index in [2.05, 4.69) is 29.1 Å². The molecule has 3 aromatic heterocycles. The van der Waals surface area contributed by atoms with E-state index in [1.165, 1.54) is 18.1 Å². The second-order valence-electron chi connectivity index (χ2n) is 8.42. The predicted octanol–water partition coefficient (Wildman–Crippen LogP) is 4.75. The van der Waals surface area contributed by atoms with Crippen LogP contribution in [0.5, 0.6) is 5.75 Å². The molecule has 170 valence electrons. The summed E-state index contributed by atoms with van der Waals surface area (Å²) in [6.45, 7) is 7.15. The minimum Gasteiger partial charge on any atom is -0.494 e. The first-order chi connectivity index (χ1) is 15.9. The van der Waals surface area contributed by atoms with Crippen LogP contribution in [0.4, 0.5) is 5.69 Å². The molecule has 0 fully saturated rings. The van der Waals surface area contributed by atoms with E-state index >= 15 is 0 Å². The molecule has 8 nitrogen and oxygen atoms in total. The van der Waals surface area contributed by atoms with Crippen molar-refractivity contribution in [3.63, 3.8) is 0 Å². The lowest BCUT2D eigenvalue weighted by Crippen LogP contribution is -2.32. The minimum absolute atomic E-state index is 0.139. The molecule has 1 amide bonds. The van der Waals surface area contributed by atoms with Crippen molar-refractivity contribution in [2.45, 2.75) is 44.4 Å². The van der Waals surface area contributed by atoms with Crippen LogP contribution in [0.3, 0.4) is 0 Å².